The van der Waals surface area contributed by atoms with Gasteiger partial charge in [-0.2, -0.15) is 5.26 Å². The summed E-state index contributed by atoms with van der Waals surface area (Å²) in [6.07, 6.45) is 3.73. The van der Waals surface area contributed by atoms with Crippen LogP contribution in [0, 0.1) is 25.2 Å². The number of nitrogens with one attached hydrogen (secondary N) is 2. The third-order valence-electron chi connectivity index (χ3n) is 6.22. The van der Waals surface area contributed by atoms with Crippen LogP contribution in [0.4, 0.5) is 5.69 Å². The molecule has 3 heterocycles. The highest BCUT2D eigenvalue weighted by molar-refractivity contribution is 5.95. The SMILES string of the molecule is Cc1noc(C)c1Cn1cc(C#N)c2cc(Oc3ccc(NC(=O)C4CCCN4)cc3)ccc21. The van der Waals surface area contributed by atoms with E-state index in [-0.39, 0.29) is 11.9 Å². The number of carbonyl (C=O) groups is 1. The fourth-order valence-corrected chi connectivity index (χ4v) is 4.34. The number of nitriles is 1. The molecule has 1 aliphatic rings. The molecular weight excluding hydrogens is 430 g/mol. The highest BCUT2D eigenvalue weighted by Crippen LogP contribution is 2.30. The van der Waals surface area contributed by atoms with Gasteiger partial charge in [0, 0.05) is 28.4 Å². The number of carbonyl (C=O) groups excluding carboxylic acids is 1. The van der Waals surface area contributed by atoms with Crippen LogP contribution in [0.5, 0.6) is 11.5 Å². The second-order valence-electron chi connectivity index (χ2n) is 8.53. The van der Waals surface area contributed by atoms with Gasteiger partial charge in [-0.25, -0.2) is 0 Å². The molecule has 172 valence electrons. The van der Waals surface area contributed by atoms with Gasteiger partial charge in [-0.15, -0.1) is 0 Å². The van der Waals surface area contributed by atoms with Crippen LogP contribution in [-0.2, 0) is 11.3 Å². The first-order valence-corrected chi connectivity index (χ1v) is 11.3. The molecule has 0 bridgehead atoms. The highest BCUT2D eigenvalue weighted by atomic mass is 16.5. The van der Waals surface area contributed by atoms with Crippen molar-refractivity contribution in [3.05, 3.63) is 71.2 Å². The van der Waals surface area contributed by atoms with Gasteiger partial charge in [0.15, 0.2) is 0 Å². The Morgan fingerprint density at radius 2 is 2.06 bits per heavy atom. The van der Waals surface area contributed by atoms with Gasteiger partial charge in [0.25, 0.3) is 0 Å². The van der Waals surface area contributed by atoms with Crippen molar-refractivity contribution in [2.45, 2.75) is 39.3 Å². The summed E-state index contributed by atoms with van der Waals surface area (Å²) in [5.41, 5.74) is 4.09. The Kier molecular flexibility index (Phi) is 5.78. The van der Waals surface area contributed by atoms with Crippen LogP contribution in [0.1, 0.15) is 35.4 Å². The molecule has 34 heavy (non-hydrogen) atoms. The van der Waals surface area contributed by atoms with Gasteiger partial charge in [-0.3, -0.25) is 4.79 Å². The van der Waals surface area contributed by atoms with Crippen LogP contribution in [0.3, 0.4) is 0 Å². The second-order valence-corrected chi connectivity index (χ2v) is 8.53. The monoisotopic (exact) mass is 455 g/mol. The van der Waals surface area contributed by atoms with Crippen molar-refractivity contribution in [2.75, 3.05) is 11.9 Å². The average molecular weight is 456 g/mol. The van der Waals surface area contributed by atoms with Gasteiger partial charge in [-0.1, -0.05) is 5.16 Å². The van der Waals surface area contributed by atoms with Gasteiger partial charge >= 0.3 is 0 Å². The number of hydrogen-bond donors (Lipinski definition) is 2. The van der Waals surface area contributed by atoms with Crippen molar-refractivity contribution >= 4 is 22.5 Å². The number of ether oxygens (including phenoxy) is 1. The lowest BCUT2D eigenvalue weighted by molar-refractivity contribution is -0.117. The summed E-state index contributed by atoms with van der Waals surface area (Å²) in [4.78, 5) is 12.3. The third kappa shape index (κ3) is 4.26. The van der Waals surface area contributed by atoms with Crippen LogP contribution in [0.25, 0.3) is 10.9 Å². The summed E-state index contributed by atoms with van der Waals surface area (Å²) in [5.74, 6) is 2.04. The summed E-state index contributed by atoms with van der Waals surface area (Å²) >= 11 is 0. The zero-order valence-electron chi connectivity index (χ0n) is 19.1. The van der Waals surface area contributed by atoms with Crippen LogP contribution >= 0.6 is 0 Å². The number of hydrogen-bond acceptors (Lipinski definition) is 6. The Bertz CT molecular complexity index is 1370. The number of nitrogens with zero attached hydrogens (tertiary/aromatic N) is 3. The minimum atomic E-state index is -0.123. The number of rotatable bonds is 6. The number of benzene rings is 2. The van der Waals surface area contributed by atoms with E-state index >= 15 is 0 Å². The Labute approximate surface area is 197 Å². The van der Waals surface area contributed by atoms with E-state index in [1.54, 1.807) is 0 Å². The van der Waals surface area contributed by atoms with Gasteiger partial charge in [0.05, 0.1) is 23.8 Å². The minimum absolute atomic E-state index is 0.0123. The Morgan fingerprint density at radius 3 is 2.74 bits per heavy atom. The van der Waals surface area contributed by atoms with E-state index in [1.807, 2.05) is 67.1 Å². The Hall–Kier alpha value is -4.09. The number of aryl methyl sites for hydroxylation is 2. The molecule has 1 amide bonds. The summed E-state index contributed by atoms with van der Waals surface area (Å²) < 4.78 is 13.3. The molecule has 1 atom stereocenters. The van der Waals surface area contributed by atoms with Gasteiger partial charge < -0.3 is 24.5 Å². The van der Waals surface area contributed by atoms with Gasteiger partial charge in [-0.05, 0) is 75.7 Å². The summed E-state index contributed by atoms with van der Waals surface area (Å²) in [6.45, 7) is 5.26. The standard InChI is InChI=1S/C26H25N5O3/c1-16-23(17(2)34-30-16)15-31-14-18(13-27)22-12-21(9-10-25(22)31)33-20-7-5-19(6-8-20)29-26(32)24-4-3-11-28-24/h5-10,12,14,24,28H,3-4,11,15H2,1-2H3,(H,29,32). The topological polar surface area (TPSA) is 105 Å². The average Bonchev–Trinajstić information content (AvgIpc) is 3.57. The fourth-order valence-electron chi connectivity index (χ4n) is 4.34. The van der Waals surface area contributed by atoms with E-state index in [1.165, 1.54) is 0 Å². The molecule has 0 aliphatic carbocycles. The molecule has 1 unspecified atom stereocenters. The fraction of sp³-hybridized carbons (Fsp3) is 0.269. The van der Waals surface area contributed by atoms with E-state index < -0.39 is 0 Å². The maximum absolute atomic E-state index is 12.3. The van der Waals surface area contributed by atoms with Gasteiger partial charge in [0.2, 0.25) is 5.91 Å². The van der Waals surface area contributed by atoms with Crippen molar-refractivity contribution in [3.63, 3.8) is 0 Å². The van der Waals surface area contributed by atoms with Crippen LogP contribution in [-0.4, -0.2) is 28.2 Å². The molecule has 0 radical (unpaired) electrons. The maximum atomic E-state index is 12.3. The molecule has 8 nitrogen and oxygen atoms in total. The zero-order valence-corrected chi connectivity index (χ0v) is 19.1. The first-order valence-electron chi connectivity index (χ1n) is 11.3. The van der Waals surface area contributed by atoms with Crippen molar-refractivity contribution in [1.29, 1.82) is 5.26 Å². The van der Waals surface area contributed by atoms with E-state index in [0.717, 1.165) is 53.0 Å². The van der Waals surface area contributed by atoms with E-state index in [2.05, 4.69) is 21.9 Å². The third-order valence-corrected chi connectivity index (χ3v) is 6.22. The molecule has 2 aromatic carbocycles. The van der Waals surface area contributed by atoms with E-state index in [9.17, 15) is 10.1 Å². The van der Waals surface area contributed by atoms with E-state index in [0.29, 0.717) is 23.6 Å². The molecule has 1 saturated heterocycles. The normalized spacial score (nSPS) is 15.4. The van der Waals surface area contributed by atoms with Gasteiger partial charge in [0.1, 0.15) is 23.3 Å². The first kappa shape index (κ1) is 21.7. The predicted molar refractivity (Wildman–Crippen MR) is 128 cm³/mol. The summed E-state index contributed by atoms with van der Waals surface area (Å²) in [5, 5.41) is 20.6. The summed E-state index contributed by atoms with van der Waals surface area (Å²) in [7, 11) is 0. The minimum Gasteiger partial charge on any atom is -0.457 e. The molecule has 8 heteroatoms. The number of amides is 1. The molecule has 1 fully saturated rings. The molecular formula is C26H25N5O3. The van der Waals surface area contributed by atoms with Crippen LogP contribution in [0.15, 0.2) is 53.2 Å². The number of aromatic nitrogens is 2. The molecule has 1 aliphatic heterocycles. The first-order chi connectivity index (χ1) is 16.5. The summed E-state index contributed by atoms with van der Waals surface area (Å²) in [6, 6.07) is 15.1. The van der Waals surface area contributed by atoms with Crippen molar-refractivity contribution in [2.24, 2.45) is 0 Å². The Morgan fingerprint density at radius 1 is 1.26 bits per heavy atom. The number of anilines is 1. The molecule has 4 aromatic rings. The maximum Gasteiger partial charge on any atom is 0.241 e. The van der Waals surface area contributed by atoms with Crippen molar-refractivity contribution in [1.82, 2.24) is 15.0 Å². The quantitative estimate of drug-likeness (QED) is 0.439. The highest BCUT2D eigenvalue weighted by Gasteiger charge is 2.21. The predicted octanol–water partition coefficient (Wildman–Crippen LogP) is 4.65. The number of fused-ring (bicyclic) bond motifs is 1. The molecule has 0 saturated carbocycles. The van der Waals surface area contributed by atoms with Crippen LogP contribution < -0.4 is 15.4 Å². The second kappa shape index (κ2) is 9.04. The molecule has 0 spiro atoms. The lowest BCUT2D eigenvalue weighted by Crippen LogP contribution is -2.35. The van der Waals surface area contributed by atoms with E-state index in [4.69, 9.17) is 9.26 Å². The van der Waals surface area contributed by atoms with Crippen LogP contribution in [0.2, 0.25) is 0 Å². The molecule has 2 aromatic heterocycles. The molecule has 2 N–H and O–H groups in total. The van der Waals surface area contributed by atoms with Crippen molar-refractivity contribution < 1.29 is 14.1 Å². The lowest BCUT2D eigenvalue weighted by Gasteiger charge is -2.12. The smallest absolute Gasteiger partial charge is 0.241 e. The zero-order chi connectivity index (χ0) is 23.7. The largest absolute Gasteiger partial charge is 0.457 e. The lowest BCUT2D eigenvalue weighted by atomic mass is 10.2. The van der Waals surface area contributed by atoms with Crippen molar-refractivity contribution in [3.8, 4) is 17.6 Å². The Balaban J connectivity index is 1.33. The molecule has 5 rings (SSSR count).